The highest BCUT2D eigenvalue weighted by Gasteiger charge is 2.30. The van der Waals surface area contributed by atoms with Crippen molar-refractivity contribution in [3.8, 4) is 0 Å². The van der Waals surface area contributed by atoms with E-state index in [0.29, 0.717) is 13.0 Å². The van der Waals surface area contributed by atoms with Crippen LogP contribution < -0.4 is 16.0 Å². The summed E-state index contributed by atoms with van der Waals surface area (Å²) in [5, 5.41) is 6.34. The van der Waals surface area contributed by atoms with E-state index in [9.17, 15) is 22.8 Å². The maximum Gasteiger partial charge on any atom is 0.416 e. The Morgan fingerprint density at radius 3 is 2.22 bits per heavy atom. The van der Waals surface area contributed by atoms with Gasteiger partial charge in [0.2, 0.25) is 0 Å². The van der Waals surface area contributed by atoms with Gasteiger partial charge >= 0.3 is 12.2 Å². The fourth-order valence-electron chi connectivity index (χ4n) is 2.58. The number of hydrogen-bond acceptors (Lipinski definition) is 2. The first-order valence-electron chi connectivity index (χ1n) is 8.38. The van der Waals surface area contributed by atoms with Gasteiger partial charge in [-0.15, -0.1) is 0 Å². The Labute approximate surface area is 155 Å². The van der Waals surface area contributed by atoms with E-state index in [-0.39, 0.29) is 0 Å². The molecule has 0 spiro atoms. The number of alkyl halides is 3. The van der Waals surface area contributed by atoms with Gasteiger partial charge in [0.05, 0.1) is 12.1 Å². The number of halogens is 3. The van der Waals surface area contributed by atoms with Crippen LogP contribution in [0.15, 0.2) is 54.6 Å². The Kier molecular flexibility index (Phi) is 6.95. The average molecular weight is 380 g/mol. The molecule has 0 aromatic heterocycles. The fourth-order valence-corrected chi connectivity index (χ4v) is 2.58. The molecule has 2 aromatic rings. The van der Waals surface area contributed by atoms with Crippen molar-refractivity contribution in [1.82, 2.24) is 10.6 Å². The van der Waals surface area contributed by atoms with Crippen molar-refractivity contribution in [1.29, 1.82) is 0 Å². The van der Waals surface area contributed by atoms with Crippen molar-refractivity contribution in [2.24, 2.45) is 0 Å². The van der Waals surface area contributed by atoms with Gasteiger partial charge in [-0.2, -0.15) is 13.2 Å². The molecule has 144 valence electrons. The molecule has 5 nitrogen and oxygen atoms in total. The number of carbonyl (C=O) groups is 2. The zero-order chi connectivity index (χ0) is 19.9. The van der Waals surface area contributed by atoms with E-state index in [1.165, 1.54) is 19.2 Å². The molecule has 0 radical (unpaired) electrons. The molecule has 0 unspecified atom stereocenters. The van der Waals surface area contributed by atoms with Gasteiger partial charge in [0.1, 0.15) is 0 Å². The van der Waals surface area contributed by atoms with Crippen LogP contribution in [0, 0.1) is 0 Å². The maximum atomic E-state index is 12.6. The zero-order valence-electron chi connectivity index (χ0n) is 14.7. The molecule has 0 heterocycles. The monoisotopic (exact) mass is 380 g/mol. The quantitative estimate of drug-likeness (QED) is 0.717. The Morgan fingerprint density at radius 2 is 1.67 bits per heavy atom. The minimum Gasteiger partial charge on any atom is -0.341 e. The second-order valence-electron chi connectivity index (χ2n) is 5.93. The number of urea groups is 1. The number of benzene rings is 2. The molecule has 8 heteroatoms. The molecule has 0 saturated carbocycles. The van der Waals surface area contributed by atoms with Gasteiger partial charge in [-0.25, -0.2) is 4.79 Å². The Bertz CT molecular complexity index is 762. The molecule has 0 bridgehead atoms. The Morgan fingerprint density at radius 1 is 1.04 bits per heavy atom. The largest absolute Gasteiger partial charge is 0.416 e. The fraction of sp³-hybridized carbons (Fsp3) is 0.263. The van der Waals surface area contributed by atoms with E-state index < -0.39 is 29.7 Å². The molecule has 0 aliphatic rings. The van der Waals surface area contributed by atoms with Crippen LogP contribution in [0.1, 0.15) is 22.7 Å². The summed E-state index contributed by atoms with van der Waals surface area (Å²) in [6.07, 6.45) is -3.88. The lowest BCUT2D eigenvalue weighted by Crippen LogP contribution is -2.88. The summed E-state index contributed by atoms with van der Waals surface area (Å²) < 4.78 is 37.8. The van der Waals surface area contributed by atoms with Crippen LogP contribution in [-0.2, 0) is 17.4 Å². The molecule has 2 aromatic carbocycles. The van der Waals surface area contributed by atoms with Crippen LogP contribution in [0.5, 0.6) is 0 Å². The van der Waals surface area contributed by atoms with Gasteiger partial charge in [0, 0.05) is 19.0 Å². The molecule has 1 atom stereocenters. The number of nitrogens with two attached hydrogens (primary N) is 1. The number of imide groups is 1. The van der Waals surface area contributed by atoms with E-state index >= 15 is 0 Å². The molecule has 0 aliphatic heterocycles. The van der Waals surface area contributed by atoms with Gasteiger partial charge in [-0.05, 0) is 17.7 Å². The molecule has 27 heavy (non-hydrogen) atoms. The number of quaternary nitrogens is 1. The van der Waals surface area contributed by atoms with Crippen LogP contribution in [0.2, 0.25) is 0 Å². The van der Waals surface area contributed by atoms with Crippen molar-refractivity contribution in [3.05, 3.63) is 71.3 Å². The van der Waals surface area contributed by atoms with Crippen molar-refractivity contribution in [2.45, 2.75) is 18.6 Å². The first kappa shape index (κ1) is 20.4. The van der Waals surface area contributed by atoms with Crippen molar-refractivity contribution in [3.63, 3.8) is 0 Å². The summed E-state index contributed by atoms with van der Waals surface area (Å²) in [5.41, 5.74) is 0.770. The van der Waals surface area contributed by atoms with E-state index in [0.717, 1.165) is 23.3 Å². The summed E-state index contributed by atoms with van der Waals surface area (Å²) in [6, 6.07) is 12.7. The predicted octanol–water partition coefficient (Wildman–Crippen LogP) is 2.01. The normalized spacial score (nSPS) is 12.3. The third-order valence-corrected chi connectivity index (χ3v) is 4.02. The lowest BCUT2D eigenvalue weighted by molar-refractivity contribution is -0.682. The summed E-state index contributed by atoms with van der Waals surface area (Å²) in [4.78, 5) is 23.8. The van der Waals surface area contributed by atoms with Gasteiger partial charge in [-0.3, -0.25) is 10.1 Å². The van der Waals surface area contributed by atoms with Gasteiger partial charge < -0.3 is 10.6 Å². The minimum absolute atomic E-state index is 0.464. The SMILES string of the molecule is CNC(=O)NC(=O)[C@H]([NH2+]CCc1ccc(C(F)(F)F)cc1)c1ccccc1. The van der Waals surface area contributed by atoms with Crippen LogP contribution in [0.25, 0.3) is 0 Å². The number of rotatable bonds is 6. The highest BCUT2D eigenvalue weighted by atomic mass is 19.4. The minimum atomic E-state index is -4.36. The summed E-state index contributed by atoms with van der Waals surface area (Å²) in [6.45, 7) is 0.464. The molecular weight excluding hydrogens is 359 g/mol. The summed E-state index contributed by atoms with van der Waals surface area (Å²) in [7, 11) is 1.41. The lowest BCUT2D eigenvalue weighted by atomic mass is 10.0. The van der Waals surface area contributed by atoms with Crippen LogP contribution >= 0.6 is 0 Å². The van der Waals surface area contributed by atoms with Crippen molar-refractivity contribution < 1.29 is 28.1 Å². The first-order valence-corrected chi connectivity index (χ1v) is 8.38. The number of amides is 3. The van der Waals surface area contributed by atoms with E-state index in [2.05, 4.69) is 10.6 Å². The molecular formula is C19H21F3N3O2+. The predicted molar refractivity (Wildman–Crippen MR) is 93.7 cm³/mol. The topological polar surface area (TPSA) is 74.8 Å². The molecule has 0 aliphatic carbocycles. The summed E-state index contributed by atoms with van der Waals surface area (Å²) >= 11 is 0. The first-order chi connectivity index (χ1) is 12.8. The van der Waals surface area contributed by atoms with E-state index in [1.54, 1.807) is 29.6 Å². The second kappa shape index (κ2) is 9.18. The Balaban J connectivity index is 2.01. The lowest BCUT2D eigenvalue weighted by Gasteiger charge is -2.15. The molecule has 4 N–H and O–H groups in total. The second-order valence-corrected chi connectivity index (χ2v) is 5.93. The zero-order valence-corrected chi connectivity index (χ0v) is 14.7. The van der Waals surface area contributed by atoms with Crippen LogP contribution in [0.4, 0.5) is 18.0 Å². The van der Waals surface area contributed by atoms with E-state index in [4.69, 9.17) is 0 Å². The number of nitrogens with one attached hydrogen (secondary N) is 2. The van der Waals surface area contributed by atoms with Gasteiger partial charge in [0.15, 0.2) is 6.04 Å². The van der Waals surface area contributed by atoms with Gasteiger partial charge in [0.25, 0.3) is 5.91 Å². The molecule has 2 rings (SSSR count). The number of carbonyl (C=O) groups excluding carboxylic acids is 2. The van der Waals surface area contributed by atoms with Crippen molar-refractivity contribution in [2.75, 3.05) is 13.6 Å². The molecule has 0 fully saturated rings. The van der Waals surface area contributed by atoms with Gasteiger partial charge in [-0.1, -0.05) is 42.5 Å². The van der Waals surface area contributed by atoms with Crippen molar-refractivity contribution >= 4 is 11.9 Å². The third kappa shape index (κ3) is 6.10. The highest BCUT2D eigenvalue weighted by Crippen LogP contribution is 2.29. The smallest absolute Gasteiger partial charge is 0.341 e. The molecule has 0 saturated heterocycles. The van der Waals surface area contributed by atoms with Crippen LogP contribution in [-0.4, -0.2) is 25.5 Å². The average Bonchev–Trinajstić information content (AvgIpc) is 2.65. The van der Waals surface area contributed by atoms with Crippen LogP contribution in [0.3, 0.4) is 0 Å². The third-order valence-electron chi connectivity index (χ3n) is 4.02. The summed E-state index contributed by atoms with van der Waals surface area (Å²) in [5.74, 6) is -0.465. The highest BCUT2D eigenvalue weighted by molar-refractivity contribution is 5.96. The van der Waals surface area contributed by atoms with E-state index in [1.807, 2.05) is 6.07 Å². The Hall–Kier alpha value is -2.87. The molecule has 3 amide bonds. The number of hydrogen-bond donors (Lipinski definition) is 3. The standard InChI is InChI=1S/C19H20F3N3O2/c1-23-18(27)25-17(26)16(14-5-3-2-4-6-14)24-12-11-13-7-9-15(10-8-13)19(20,21)22/h2-10,16,24H,11-12H2,1H3,(H2,23,25,26,27)/p+1/t16-/m1/s1. The maximum absolute atomic E-state index is 12.6.